The molecule has 3 aromatic heterocycles. The highest BCUT2D eigenvalue weighted by Gasteiger charge is 2.22. The predicted molar refractivity (Wildman–Crippen MR) is 153 cm³/mol. The second kappa shape index (κ2) is 10.9. The molecule has 192 valence electrons. The summed E-state index contributed by atoms with van der Waals surface area (Å²) in [7, 11) is 0. The Balaban J connectivity index is 1.53. The Morgan fingerprint density at radius 1 is 0.769 bits per heavy atom. The van der Waals surface area contributed by atoms with Gasteiger partial charge in [0.15, 0.2) is 5.65 Å². The van der Waals surface area contributed by atoms with Crippen molar-refractivity contribution in [2.75, 3.05) is 0 Å². The van der Waals surface area contributed by atoms with Crippen molar-refractivity contribution in [2.24, 2.45) is 0 Å². The lowest BCUT2D eigenvalue weighted by atomic mass is 9.89. The second-order valence-corrected chi connectivity index (χ2v) is 9.38. The molecule has 0 aliphatic heterocycles. The first kappa shape index (κ1) is 24.5. The van der Waals surface area contributed by atoms with E-state index < -0.39 is 0 Å². The van der Waals surface area contributed by atoms with Gasteiger partial charge in [-0.3, -0.25) is 9.67 Å². The van der Waals surface area contributed by atoms with Crippen molar-refractivity contribution in [1.82, 2.24) is 19.7 Å². The quantitative estimate of drug-likeness (QED) is 0.207. The monoisotopic (exact) mass is 514 g/mol. The molecule has 0 atom stereocenters. The molecular formula is C33H27FN4O. The minimum absolute atomic E-state index is 0.288. The largest absolute Gasteiger partial charge is 0.489 e. The van der Waals surface area contributed by atoms with E-state index in [1.165, 1.54) is 12.1 Å². The van der Waals surface area contributed by atoms with Gasteiger partial charge < -0.3 is 4.74 Å². The summed E-state index contributed by atoms with van der Waals surface area (Å²) in [4.78, 5) is 9.25. The number of ether oxygens (including phenoxy) is 1. The van der Waals surface area contributed by atoms with Crippen molar-refractivity contribution in [3.8, 4) is 39.3 Å². The van der Waals surface area contributed by atoms with Gasteiger partial charge in [0, 0.05) is 47.2 Å². The summed E-state index contributed by atoms with van der Waals surface area (Å²) in [6.45, 7) is 3.42. The van der Waals surface area contributed by atoms with Gasteiger partial charge >= 0.3 is 0 Å². The molecule has 0 unspecified atom stereocenters. The van der Waals surface area contributed by atoms with E-state index in [-0.39, 0.29) is 5.82 Å². The van der Waals surface area contributed by atoms with E-state index in [0.29, 0.717) is 12.3 Å². The minimum Gasteiger partial charge on any atom is -0.489 e. The highest BCUT2D eigenvalue weighted by Crippen LogP contribution is 2.43. The molecule has 5 nitrogen and oxygen atoms in total. The van der Waals surface area contributed by atoms with Crippen LogP contribution in [0.3, 0.4) is 0 Å². The van der Waals surface area contributed by atoms with Gasteiger partial charge in [-0.25, -0.2) is 9.37 Å². The molecular weight excluding hydrogens is 487 g/mol. The van der Waals surface area contributed by atoms with Gasteiger partial charge in [-0.15, -0.1) is 0 Å². The van der Waals surface area contributed by atoms with Crippen molar-refractivity contribution in [3.05, 3.63) is 121 Å². The van der Waals surface area contributed by atoms with Crippen LogP contribution >= 0.6 is 0 Å². The third-order valence-electron chi connectivity index (χ3n) is 6.65. The first-order chi connectivity index (χ1) is 19.2. The fraction of sp³-hybridized carbons (Fsp3) is 0.121. The molecule has 0 radical (unpaired) electrons. The van der Waals surface area contributed by atoms with Gasteiger partial charge in [0.1, 0.15) is 18.2 Å². The maximum Gasteiger partial charge on any atom is 0.182 e. The molecule has 0 bridgehead atoms. The third kappa shape index (κ3) is 5.14. The third-order valence-corrected chi connectivity index (χ3v) is 6.65. The van der Waals surface area contributed by atoms with Crippen LogP contribution in [-0.4, -0.2) is 19.7 Å². The summed E-state index contributed by atoms with van der Waals surface area (Å²) >= 11 is 0. The lowest BCUT2D eigenvalue weighted by Crippen LogP contribution is -1.97. The molecule has 6 rings (SSSR count). The number of hydrogen-bond acceptors (Lipinski definition) is 4. The fourth-order valence-corrected chi connectivity index (χ4v) is 4.80. The van der Waals surface area contributed by atoms with Crippen LogP contribution < -0.4 is 4.74 Å². The van der Waals surface area contributed by atoms with Crippen LogP contribution in [0.2, 0.25) is 0 Å². The van der Waals surface area contributed by atoms with Crippen LogP contribution in [0.5, 0.6) is 5.75 Å². The highest BCUT2D eigenvalue weighted by molar-refractivity contribution is 6.06. The average molecular weight is 515 g/mol. The molecule has 0 fully saturated rings. The number of fused-ring (bicyclic) bond motifs is 1. The van der Waals surface area contributed by atoms with Gasteiger partial charge in [-0.05, 0) is 71.6 Å². The Morgan fingerprint density at radius 2 is 1.46 bits per heavy atom. The molecule has 3 heterocycles. The number of benzene rings is 3. The minimum atomic E-state index is -0.288. The number of rotatable bonds is 8. The van der Waals surface area contributed by atoms with E-state index in [1.807, 2.05) is 59.3 Å². The van der Waals surface area contributed by atoms with Crippen molar-refractivity contribution < 1.29 is 9.13 Å². The van der Waals surface area contributed by atoms with Gasteiger partial charge in [0.2, 0.25) is 0 Å². The SMILES string of the molecule is CCCn1cc2c(-c3ccc(OCc4ccccc4)cc3)c(-c3ccncc3)c(-c3ccc(F)cc3)nc2n1. The van der Waals surface area contributed by atoms with E-state index in [0.717, 1.165) is 63.2 Å². The molecule has 0 saturated heterocycles. The van der Waals surface area contributed by atoms with Crippen LogP contribution in [0.4, 0.5) is 4.39 Å². The molecule has 0 aliphatic carbocycles. The highest BCUT2D eigenvalue weighted by atomic mass is 19.1. The van der Waals surface area contributed by atoms with E-state index in [2.05, 4.69) is 30.2 Å². The Kier molecular flexibility index (Phi) is 6.83. The first-order valence-electron chi connectivity index (χ1n) is 13.0. The smallest absolute Gasteiger partial charge is 0.182 e. The Hall–Kier alpha value is -4.84. The number of pyridine rings is 2. The summed E-state index contributed by atoms with van der Waals surface area (Å²) in [6.07, 6.45) is 6.58. The van der Waals surface area contributed by atoms with Crippen molar-refractivity contribution in [3.63, 3.8) is 0 Å². The number of hydrogen-bond donors (Lipinski definition) is 0. The molecule has 0 N–H and O–H groups in total. The van der Waals surface area contributed by atoms with Crippen molar-refractivity contribution in [2.45, 2.75) is 26.5 Å². The molecule has 6 heteroatoms. The lowest BCUT2D eigenvalue weighted by Gasteiger charge is -2.17. The second-order valence-electron chi connectivity index (χ2n) is 9.38. The van der Waals surface area contributed by atoms with Crippen molar-refractivity contribution >= 4 is 11.0 Å². The predicted octanol–water partition coefficient (Wildman–Crippen LogP) is 7.96. The van der Waals surface area contributed by atoms with E-state index in [4.69, 9.17) is 14.8 Å². The van der Waals surface area contributed by atoms with E-state index >= 15 is 0 Å². The number of aryl methyl sites for hydroxylation is 1. The summed E-state index contributed by atoms with van der Waals surface area (Å²) in [5, 5.41) is 5.76. The molecule has 0 saturated carbocycles. The van der Waals surface area contributed by atoms with Crippen LogP contribution in [-0.2, 0) is 13.2 Å². The zero-order valence-corrected chi connectivity index (χ0v) is 21.6. The fourth-order valence-electron chi connectivity index (χ4n) is 4.80. The Bertz CT molecular complexity index is 1700. The molecule has 39 heavy (non-hydrogen) atoms. The maximum atomic E-state index is 13.9. The van der Waals surface area contributed by atoms with Gasteiger partial charge in [0.25, 0.3) is 0 Å². The van der Waals surface area contributed by atoms with E-state index in [1.54, 1.807) is 24.5 Å². The lowest BCUT2D eigenvalue weighted by molar-refractivity contribution is 0.306. The standard InChI is InChI=1S/C33H27FN4O/c1-2-20-38-21-29-30(24-10-14-28(15-11-24)39-22-23-6-4-3-5-7-23)31(25-16-18-35-19-17-25)32(36-33(29)37-38)26-8-12-27(34)13-9-26/h3-19,21H,2,20,22H2,1H3. The maximum absolute atomic E-state index is 13.9. The number of aromatic nitrogens is 4. The summed E-state index contributed by atoms with van der Waals surface area (Å²) in [5.74, 6) is 0.502. The number of nitrogens with zero attached hydrogens (tertiary/aromatic N) is 4. The van der Waals surface area contributed by atoms with Gasteiger partial charge in [-0.2, -0.15) is 5.10 Å². The van der Waals surface area contributed by atoms with Gasteiger partial charge in [0.05, 0.1) is 5.69 Å². The van der Waals surface area contributed by atoms with Crippen LogP contribution in [0.25, 0.3) is 44.5 Å². The molecule has 3 aromatic carbocycles. The molecule has 6 aromatic rings. The Labute approximate surface area is 226 Å². The average Bonchev–Trinajstić information content (AvgIpc) is 3.39. The Morgan fingerprint density at radius 3 is 2.18 bits per heavy atom. The summed E-state index contributed by atoms with van der Waals surface area (Å²) < 4.78 is 21.9. The number of halogens is 1. The molecule has 0 spiro atoms. The zero-order chi connectivity index (χ0) is 26.6. The van der Waals surface area contributed by atoms with Crippen LogP contribution in [0.15, 0.2) is 110 Å². The van der Waals surface area contributed by atoms with E-state index in [9.17, 15) is 4.39 Å². The first-order valence-corrected chi connectivity index (χ1v) is 13.0. The van der Waals surface area contributed by atoms with Crippen LogP contribution in [0.1, 0.15) is 18.9 Å². The van der Waals surface area contributed by atoms with Crippen molar-refractivity contribution in [1.29, 1.82) is 0 Å². The topological polar surface area (TPSA) is 52.8 Å². The summed E-state index contributed by atoms with van der Waals surface area (Å²) in [5.41, 5.74) is 7.29. The normalized spacial score (nSPS) is 11.1. The van der Waals surface area contributed by atoms with Crippen LogP contribution in [0, 0.1) is 5.82 Å². The summed E-state index contributed by atoms with van der Waals surface area (Å²) in [6, 6.07) is 28.7. The van der Waals surface area contributed by atoms with Gasteiger partial charge in [-0.1, -0.05) is 49.4 Å². The molecule has 0 amide bonds. The zero-order valence-electron chi connectivity index (χ0n) is 21.6. The molecule has 0 aliphatic rings.